The zero-order valence-electron chi connectivity index (χ0n) is 15.8. The summed E-state index contributed by atoms with van der Waals surface area (Å²) in [5.41, 5.74) is -0.892. The van der Waals surface area contributed by atoms with Crippen molar-refractivity contribution in [3.63, 3.8) is 0 Å². The van der Waals surface area contributed by atoms with Crippen molar-refractivity contribution in [2.45, 2.75) is 45.2 Å². The summed E-state index contributed by atoms with van der Waals surface area (Å²) in [6.07, 6.45) is 0.355. The van der Waals surface area contributed by atoms with E-state index in [9.17, 15) is 24.0 Å². The fourth-order valence-corrected chi connectivity index (χ4v) is 2.36. The highest BCUT2D eigenvalue weighted by atomic mass is 16.2. The van der Waals surface area contributed by atoms with Gasteiger partial charge in [0, 0.05) is 27.1 Å². The molecule has 0 aliphatic carbocycles. The van der Waals surface area contributed by atoms with E-state index in [1.165, 1.54) is 18.9 Å². The lowest BCUT2D eigenvalue weighted by Gasteiger charge is -2.22. The van der Waals surface area contributed by atoms with E-state index in [1.54, 1.807) is 20.9 Å². The molecule has 0 spiro atoms. The molecular weight excluding hydrogens is 342 g/mol. The number of nitrogens with zero attached hydrogens (tertiary/aromatic N) is 2. The van der Waals surface area contributed by atoms with Crippen molar-refractivity contribution in [1.29, 1.82) is 0 Å². The molecule has 26 heavy (non-hydrogen) atoms. The molecule has 6 amide bonds. The summed E-state index contributed by atoms with van der Waals surface area (Å²) in [5.74, 6) is -1.49. The summed E-state index contributed by atoms with van der Waals surface area (Å²) in [6.45, 7) is 4.80. The molecule has 0 aromatic rings. The van der Waals surface area contributed by atoms with Crippen LogP contribution in [0.15, 0.2) is 0 Å². The van der Waals surface area contributed by atoms with Crippen molar-refractivity contribution in [2.75, 3.05) is 27.2 Å². The second-order valence-electron chi connectivity index (χ2n) is 6.64. The van der Waals surface area contributed by atoms with E-state index in [1.807, 2.05) is 0 Å². The summed E-state index contributed by atoms with van der Waals surface area (Å²) in [5, 5.41) is 7.28. The van der Waals surface area contributed by atoms with Crippen molar-refractivity contribution >= 4 is 29.7 Å². The van der Waals surface area contributed by atoms with Gasteiger partial charge in [0.15, 0.2) is 0 Å². The predicted molar refractivity (Wildman–Crippen MR) is 92.9 cm³/mol. The minimum atomic E-state index is -0.892. The minimum absolute atomic E-state index is 0.0638. The second-order valence-corrected chi connectivity index (χ2v) is 6.64. The maximum Gasteiger partial charge on any atom is 0.327 e. The van der Waals surface area contributed by atoms with Crippen LogP contribution < -0.4 is 16.0 Å². The van der Waals surface area contributed by atoms with Crippen molar-refractivity contribution in [2.24, 2.45) is 0 Å². The molecule has 3 N–H and O–H groups in total. The molecule has 10 nitrogen and oxygen atoms in total. The Labute approximate surface area is 152 Å². The van der Waals surface area contributed by atoms with Crippen molar-refractivity contribution in [3.05, 3.63) is 0 Å². The zero-order chi connectivity index (χ0) is 20.1. The average molecular weight is 369 g/mol. The Morgan fingerprint density at radius 3 is 2.27 bits per heavy atom. The van der Waals surface area contributed by atoms with E-state index in [0.29, 0.717) is 6.42 Å². The van der Waals surface area contributed by atoms with E-state index in [0.717, 1.165) is 4.90 Å². The molecule has 10 heteroatoms. The SMILES string of the molecule is CNC(=O)CNC(=O)C(C)NC(=O)CCCN1C(=O)N(C)C(C)(C)C1=O. The maximum absolute atomic E-state index is 12.2. The molecule has 1 atom stereocenters. The highest BCUT2D eigenvalue weighted by Gasteiger charge is 2.48. The zero-order valence-corrected chi connectivity index (χ0v) is 15.8. The number of imide groups is 1. The van der Waals surface area contributed by atoms with Gasteiger partial charge in [0.1, 0.15) is 11.6 Å². The molecule has 1 fully saturated rings. The third-order valence-electron chi connectivity index (χ3n) is 4.38. The maximum atomic E-state index is 12.2. The fourth-order valence-electron chi connectivity index (χ4n) is 2.36. The minimum Gasteiger partial charge on any atom is -0.358 e. The smallest absolute Gasteiger partial charge is 0.327 e. The second kappa shape index (κ2) is 8.63. The van der Waals surface area contributed by atoms with Gasteiger partial charge in [0.05, 0.1) is 6.54 Å². The van der Waals surface area contributed by atoms with Gasteiger partial charge in [-0.15, -0.1) is 0 Å². The molecule has 1 heterocycles. The number of nitrogens with one attached hydrogen (secondary N) is 3. The van der Waals surface area contributed by atoms with Crippen LogP contribution in [-0.4, -0.2) is 78.2 Å². The molecule has 0 saturated carbocycles. The summed E-state index contributed by atoms with van der Waals surface area (Å²) in [6, 6.07) is -1.19. The van der Waals surface area contributed by atoms with Crippen molar-refractivity contribution < 1.29 is 24.0 Å². The summed E-state index contributed by atoms with van der Waals surface area (Å²) in [7, 11) is 3.01. The molecule has 1 aliphatic rings. The molecule has 0 radical (unpaired) electrons. The summed E-state index contributed by atoms with van der Waals surface area (Å²) >= 11 is 0. The van der Waals surface area contributed by atoms with Gasteiger partial charge in [0.25, 0.3) is 5.91 Å². The van der Waals surface area contributed by atoms with E-state index in [-0.39, 0.29) is 43.3 Å². The fraction of sp³-hybridized carbons (Fsp3) is 0.688. The lowest BCUT2D eigenvalue weighted by Crippen LogP contribution is -2.47. The van der Waals surface area contributed by atoms with Crippen molar-refractivity contribution in [3.8, 4) is 0 Å². The van der Waals surface area contributed by atoms with E-state index in [2.05, 4.69) is 16.0 Å². The Bertz CT molecular complexity index is 604. The lowest BCUT2D eigenvalue weighted by atomic mass is 10.1. The van der Waals surface area contributed by atoms with E-state index < -0.39 is 17.5 Å². The first-order valence-electron chi connectivity index (χ1n) is 8.39. The number of hydrogen-bond acceptors (Lipinski definition) is 5. The third-order valence-corrected chi connectivity index (χ3v) is 4.38. The highest BCUT2D eigenvalue weighted by molar-refractivity contribution is 6.06. The van der Waals surface area contributed by atoms with Crippen LogP contribution in [0.3, 0.4) is 0 Å². The van der Waals surface area contributed by atoms with Crippen LogP contribution in [0.25, 0.3) is 0 Å². The largest absolute Gasteiger partial charge is 0.358 e. The van der Waals surface area contributed by atoms with Gasteiger partial charge in [-0.3, -0.25) is 24.1 Å². The number of carbonyl (C=O) groups is 5. The Hall–Kier alpha value is -2.65. The molecule has 0 aromatic carbocycles. The average Bonchev–Trinajstić information content (AvgIpc) is 2.73. The summed E-state index contributed by atoms with van der Waals surface area (Å²) in [4.78, 5) is 61.5. The number of carbonyl (C=O) groups excluding carboxylic acids is 5. The van der Waals surface area contributed by atoms with Crippen LogP contribution >= 0.6 is 0 Å². The lowest BCUT2D eigenvalue weighted by molar-refractivity contribution is -0.132. The molecule has 1 aliphatic heterocycles. The monoisotopic (exact) mass is 369 g/mol. The quantitative estimate of drug-likeness (QED) is 0.463. The van der Waals surface area contributed by atoms with Gasteiger partial charge in [-0.25, -0.2) is 4.79 Å². The molecule has 1 rings (SSSR count). The Kier molecular flexibility index (Phi) is 7.10. The third kappa shape index (κ3) is 4.93. The van der Waals surface area contributed by atoms with Crippen LogP contribution in [0.2, 0.25) is 0 Å². The Balaban J connectivity index is 2.39. The van der Waals surface area contributed by atoms with Crippen LogP contribution in [-0.2, 0) is 19.2 Å². The first-order valence-corrected chi connectivity index (χ1v) is 8.39. The van der Waals surface area contributed by atoms with Gasteiger partial charge in [0.2, 0.25) is 17.7 Å². The number of rotatable bonds is 8. The van der Waals surface area contributed by atoms with Gasteiger partial charge in [-0.05, 0) is 27.2 Å². The van der Waals surface area contributed by atoms with Gasteiger partial charge in [-0.1, -0.05) is 0 Å². The first kappa shape index (κ1) is 21.4. The van der Waals surface area contributed by atoms with Crippen LogP contribution in [0.5, 0.6) is 0 Å². The van der Waals surface area contributed by atoms with Crippen LogP contribution in [0, 0.1) is 0 Å². The Morgan fingerprint density at radius 1 is 1.15 bits per heavy atom. The topological polar surface area (TPSA) is 128 Å². The molecule has 0 aromatic heterocycles. The molecular formula is C16H27N5O5. The molecule has 1 saturated heterocycles. The summed E-state index contributed by atoms with van der Waals surface area (Å²) < 4.78 is 0. The van der Waals surface area contributed by atoms with Crippen LogP contribution in [0.1, 0.15) is 33.6 Å². The van der Waals surface area contributed by atoms with E-state index >= 15 is 0 Å². The number of hydrogen-bond donors (Lipinski definition) is 3. The van der Waals surface area contributed by atoms with Gasteiger partial charge in [-0.2, -0.15) is 0 Å². The first-order chi connectivity index (χ1) is 12.0. The Morgan fingerprint density at radius 2 is 1.77 bits per heavy atom. The van der Waals surface area contributed by atoms with Crippen molar-refractivity contribution in [1.82, 2.24) is 25.8 Å². The van der Waals surface area contributed by atoms with Gasteiger partial charge >= 0.3 is 6.03 Å². The molecule has 0 bridgehead atoms. The number of urea groups is 1. The number of likely N-dealkylation sites (N-methyl/N-ethyl adjacent to an activating group) is 2. The molecule has 1 unspecified atom stereocenters. The van der Waals surface area contributed by atoms with Crippen LogP contribution in [0.4, 0.5) is 4.79 Å². The normalized spacial score (nSPS) is 17.1. The highest BCUT2D eigenvalue weighted by Crippen LogP contribution is 2.25. The van der Waals surface area contributed by atoms with Gasteiger partial charge < -0.3 is 20.9 Å². The predicted octanol–water partition coefficient (Wildman–Crippen LogP) is -1.19. The standard InChI is InChI=1S/C16H27N5O5/c1-10(13(24)18-9-12(23)17-4)19-11(22)7-6-8-21-14(25)16(2,3)20(5)15(21)26/h10H,6-9H2,1-5H3,(H,17,23)(H,18,24)(H,19,22). The van der Waals surface area contributed by atoms with E-state index in [4.69, 9.17) is 0 Å². The number of amides is 6. The molecule has 146 valence electrons.